The quantitative estimate of drug-likeness (QED) is 0.711. The summed E-state index contributed by atoms with van der Waals surface area (Å²) < 4.78 is 0. The first-order valence-electron chi connectivity index (χ1n) is 6.39. The lowest BCUT2D eigenvalue weighted by atomic mass is 9.99. The molecular formula is C17H11NO3. The first kappa shape index (κ1) is 13.0. The van der Waals surface area contributed by atoms with Crippen molar-refractivity contribution in [2.24, 2.45) is 5.18 Å². The van der Waals surface area contributed by atoms with Crippen molar-refractivity contribution in [3.05, 3.63) is 71.1 Å². The average Bonchev–Trinajstić information content (AvgIpc) is 2.53. The fourth-order valence-electron chi connectivity index (χ4n) is 2.34. The van der Waals surface area contributed by atoms with Crippen molar-refractivity contribution in [2.75, 3.05) is 0 Å². The van der Waals surface area contributed by atoms with Gasteiger partial charge in [0.25, 0.3) is 0 Å². The fourth-order valence-corrected chi connectivity index (χ4v) is 2.34. The molecule has 0 aliphatic carbocycles. The Kier molecular flexibility index (Phi) is 3.20. The molecule has 0 amide bonds. The molecule has 4 heteroatoms. The van der Waals surface area contributed by atoms with E-state index in [1.54, 1.807) is 0 Å². The Morgan fingerprint density at radius 1 is 0.857 bits per heavy atom. The van der Waals surface area contributed by atoms with Gasteiger partial charge in [-0.25, -0.2) is 4.79 Å². The minimum atomic E-state index is -1.16. The summed E-state index contributed by atoms with van der Waals surface area (Å²) in [6.45, 7) is 0. The Balaban J connectivity index is 2.22. The number of fused-ring (bicyclic) bond motifs is 1. The minimum Gasteiger partial charge on any atom is -0.478 e. The second-order valence-corrected chi connectivity index (χ2v) is 4.69. The lowest BCUT2D eigenvalue weighted by Gasteiger charge is -2.06. The third-order valence-corrected chi connectivity index (χ3v) is 3.39. The van der Waals surface area contributed by atoms with Crippen molar-refractivity contribution in [3.8, 4) is 11.1 Å². The Morgan fingerprint density at radius 3 is 2.29 bits per heavy atom. The molecule has 3 rings (SSSR count). The van der Waals surface area contributed by atoms with Crippen LogP contribution >= 0.6 is 0 Å². The molecule has 0 aliphatic rings. The van der Waals surface area contributed by atoms with Crippen LogP contribution in [0.2, 0.25) is 0 Å². The van der Waals surface area contributed by atoms with E-state index in [9.17, 15) is 9.70 Å². The highest BCUT2D eigenvalue weighted by atomic mass is 16.4. The second-order valence-electron chi connectivity index (χ2n) is 4.69. The molecular weight excluding hydrogens is 266 g/mol. The molecule has 21 heavy (non-hydrogen) atoms. The van der Waals surface area contributed by atoms with E-state index in [-0.39, 0.29) is 11.3 Å². The van der Waals surface area contributed by atoms with Crippen LogP contribution < -0.4 is 0 Å². The lowest BCUT2D eigenvalue weighted by molar-refractivity contribution is 0.0698. The molecule has 0 heterocycles. The summed E-state index contributed by atoms with van der Waals surface area (Å²) in [6.07, 6.45) is 0. The third kappa shape index (κ3) is 2.39. The maximum absolute atomic E-state index is 11.2. The highest BCUT2D eigenvalue weighted by Gasteiger charge is 2.12. The number of hydrogen-bond acceptors (Lipinski definition) is 3. The summed E-state index contributed by atoms with van der Waals surface area (Å²) in [5.74, 6) is -1.16. The number of carboxylic acid groups (broad SMARTS) is 1. The van der Waals surface area contributed by atoms with E-state index in [1.165, 1.54) is 12.1 Å². The Labute approximate surface area is 120 Å². The molecule has 0 unspecified atom stereocenters. The van der Waals surface area contributed by atoms with Crippen molar-refractivity contribution in [1.82, 2.24) is 0 Å². The van der Waals surface area contributed by atoms with Crippen LogP contribution in [-0.4, -0.2) is 11.1 Å². The summed E-state index contributed by atoms with van der Waals surface area (Å²) >= 11 is 0. The number of carboxylic acids is 1. The second kappa shape index (κ2) is 5.17. The molecule has 3 aromatic rings. The summed E-state index contributed by atoms with van der Waals surface area (Å²) in [5, 5.41) is 13.5. The van der Waals surface area contributed by atoms with Crippen LogP contribution in [0.4, 0.5) is 5.69 Å². The molecule has 0 radical (unpaired) electrons. The Bertz CT molecular complexity index is 841. The van der Waals surface area contributed by atoms with Crippen molar-refractivity contribution in [2.45, 2.75) is 0 Å². The van der Waals surface area contributed by atoms with E-state index >= 15 is 0 Å². The van der Waals surface area contributed by atoms with Gasteiger partial charge in [-0.2, -0.15) is 0 Å². The molecule has 0 atom stereocenters. The smallest absolute Gasteiger partial charge is 0.338 e. The number of rotatable bonds is 3. The first-order chi connectivity index (χ1) is 10.2. The Hall–Kier alpha value is -3.01. The first-order valence-corrected chi connectivity index (χ1v) is 6.39. The predicted molar refractivity (Wildman–Crippen MR) is 81.8 cm³/mol. The molecule has 0 bridgehead atoms. The van der Waals surface area contributed by atoms with Crippen LogP contribution in [0.5, 0.6) is 0 Å². The van der Waals surface area contributed by atoms with Crippen molar-refractivity contribution < 1.29 is 9.90 Å². The van der Waals surface area contributed by atoms with Crippen LogP contribution in [0.25, 0.3) is 21.9 Å². The van der Waals surface area contributed by atoms with Crippen molar-refractivity contribution >= 4 is 22.4 Å². The molecule has 0 saturated heterocycles. The zero-order chi connectivity index (χ0) is 14.8. The molecule has 0 fully saturated rings. The maximum atomic E-state index is 11.2. The summed E-state index contributed by atoms with van der Waals surface area (Å²) in [5.41, 5.74) is 1.91. The molecule has 3 aromatic carbocycles. The summed E-state index contributed by atoms with van der Waals surface area (Å²) in [6, 6.07) is 18.5. The van der Waals surface area contributed by atoms with E-state index in [0.29, 0.717) is 0 Å². The lowest BCUT2D eigenvalue weighted by Crippen LogP contribution is -1.96. The fraction of sp³-hybridized carbons (Fsp3) is 0. The van der Waals surface area contributed by atoms with Crippen LogP contribution in [0.15, 0.2) is 65.8 Å². The third-order valence-electron chi connectivity index (χ3n) is 3.39. The van der Waals surface area contributed by atoms with Gasteiger partial charge in [0.05, 0.1) is 5.56 Å². The van der Waals surface area contributed by atoms with Gasteiger partial charge in [0.2, 0.25) is 0 Å². The van der Waals surface area contributed by atoms with E-state index in [1.807, 2.05) is 48.5 Å². The minimum absolute atomic E-state index is 0.0533. The summed E-state index contributed by atoms with van der Waals surface area (Å²) in [7, 11) is 0. The van der Waals surface area contributed by atoms with Crippen molar-refractivity contribution in [3.63, 3.8) is 0 Å². The molecule has 0 aromatic heterocycles. The molecule has 1 N–H and O–H groups in total. The molecule has 102 valence electrons. The summed E-state index contributed by atoms with van der Waals surface area (Å²) in [4.78, 5) is 21.9. The highest BCUT2D eigenvalue weighted by Crippen LogP contribution is 2.30. The van der Waals surface area contributed by atoms with Gasteiger partial charge in [-0.3, -0.25) is 0 Å². The number of benzene rings is 3. The predicted octanol–water partition coefficient (Wildman–Crippen LogP) is 4.60. The number of aromatic carboxylic acids is 1. The van der Waals surface area contributed by atoms with Crippen molar-refractivity contribution in [1.29, 1.82) is 0 Å². The highest BCUT2D eigenvalue weighted by molar-refractivity contribution is 6.01. The van der Waals surface area contributed by atoms with Crippen LogP contribution in [0, 0.1) is 4.91 Å². The van der Waals surface area contributed by atoms with E-state index in [0.717, 1.165) is 21.9 Å². The number of nitrogens with zero attached hydrogens (tertiary/aromatic N) is 1. The monoisotopic (exact) mass is 277 g/mol. The number of nitroso groups, excluding NO2 is 1. The standard InChI is InChI=1S/C17H11NO3/c19-17(20)15-9-14-8-12(11-4-2-1-3-5-11)6-7-13(14)10-16(15)18-21/h1-10H,(H,19,20). The molecule has 0 spiro atoms. The van der Waals surface area contributed by atoms with Crippen LogP contribution in [-0.2, 0) is 0 Å². The maximum Gasteiger partial charge on any atom is 0.338 e. The van der Waals surface area contributed by atoms with Gasteiger partial charge < -0.3 is 5.11 Å². The normalized spacial score (nSPS) is 10.5. The zero-order valence-electron chi connectivity index (χ0n) is 11.0. The zero-order valence-corrected chi connectivity index (χ0v) is 11.0. The Morgan fingerprint density at radius 2 is 1.62 bits per heavy atom. The van der Waals surface area contributed by atoms with Gasteiger partial charge in [0.1, 0.15) is 5.69 Å². The SMILES string of the molecule is O=Nc1cc2ccc(-c3ccccc3)cc2cc1C(=O)O. The van der Waals surface area contributed by atoms with Gasteiger partial charge in [-0.15, -0.1) is 4.91 Å². The average molecular weight is 277 g/mol. The van der Waals surface area contributed by atoms with Crippen LogP contribution in [0.3, 0.4) is 0 Å². The largest absolute Gasteiger partial charge is 0.478 e. The van der Waals surface area contributed by atoms with Gasteiger partial charge in [-0.05, 0) is 45.3 Å². The van der Waals surface area contributed by atoms with E-state index in [2.05, 4.69) is 5.18 Å². The molecule has 0 saturated carbocycles. The van der Waals surface area contributed by atoms with Gasteiger partial charge in [0, 0.05) is 0 Å². The van der Waals surface area contributed by atoms with E-state index in [4.69, 9.17) is 5.11 Å². The number of carbonyl (C=O) groups is 1. The van der Waals surface area contributed by atoms with Gasteiger partial charge >= 0.3 is 5.97 Å². The van der Waals surface area contributed by atoms with E-state index < -0.39 is 5.97 Å². The molecule has 4 nitrogen and oxygen atoms in total. The topological polar surface area (TPSA) is 66.7 Å². The van der Waals surface area contributed by atoms with Gasteiger partial charge in [-0.1, -0.05) is 42.5 Å². The van der Waals surface area contributed by atoms with Gasteiger partial charge in [0.15, 0.2) is 0 Å². The molecule has 0 aliphatic heterocycles. The van der Waals surface area contributed by atoms with Crippen LogP contribution in [0.1, 0.15) is 10.4 Å². The number of hydrogen-bond donors (Lipinski definition) is 1.